The van der Waals surface area contributed by atoms with Gasteiger partial charge < -0.3 is 0 Å². The first-order valence-corrected chi connectivity index (χ1v) is 5.44. The fourth-order valence-electron chi connectivity index (χ4n) is 1.98. The summed E-state index contributed by atoms with van der Waals surface area (Å²) in [6.07, 6.45) is 2.43. The first-order valence-electron chi connectivity index (χ1n) is 5.00. The molecule has 0 amide bonds. The fourth-order valence-corrected chi connectivity index (χ4v) is 2.58. The second kappa shape index (κ2) is 3.54. The molecule has 1 atom stereocenters. The van der Waals surface area contributed by atoms with E-state index in [1.807, 2.05) is 13.8 Å². The Bertz CT molecular complexity index is 332. The van der Waals surface area contributed by atoms with Gasteiger partial charge in [-0.2, -0.15) is 0 Å². The van der Waals surface area contributed by atoms with Gasteiger partial charge in [0.2, 0.25) is 0 Å². The predicted molar refractivity (Wildman–Crippen MR) is 57.2 cm³/mol. The molecule has 1 aromatic rings. The van der Waals surface area contributed by atoms with Gasteiger partial charge in [0.05, 0.1) is 5.38 Å². The van der Waals surface area contributed by atoms with Crippen molar-refractivity contribution in [2.24, 2.45) is 5.92 Å². The Kier molecular flexibility index (Phi) is 2.52. The van der Waals surface area contributed by atoms with Crippen molar-refractivity contribution in [1.82, 2.24) is 0 Å². The average Bonchev–Trinajstić information content (AvgIpc) is 2.83. The van der Waals surface area contributed by atoms with E-state index < -0.39 is 0 Å². The summed E-state index contributed by atoms with van der Waals surface area (Å²) in [4.78, 5) is 0. The van der Waals surface area contributed by atoms with Crippen LogP contribution in [0.2, 0.25) is 0 Å². The Hall–Kier alpha value is -0.560. The van der Waals surface area contributed by atoms with Gasteiger partial charge >= 0.3 is 0 Å². The van der Waals surface area contributed by atoms with Crippen molar-refractivity contribution in [3.05, 3.63) is 34.6 Å². The molecule has 1 unspecified atom stereocenters. The molecule has 2 heteroatoms. The van der Waals surface area contributed by atoms with Crippen molar-refractivity contribution in [3.63, 3.8) is 0 Å². The summed E-state index contributed by atoms with van der Waals surface area (Å²) in [5.41, 5.74) is 3.10. The van der Waals surface area contributed by atoms with Gasteiger partial charge in [-0.1, -0.05) is 0 Å². The molecule has 0 saturated heterocycles. The molecule has 0 heterocycles. The van der Waals surface area contributed by atoms with Crippen LogP contribution in [0, 0.1) is 25.6 Å². The zero-order valence-corrected chi connectivity index (χ0v) is 9.24. The maximum Gasteiger partial charge on any atom is 0.123 e. The van der Waals surface area contributed by atoms with Crippen LogP contribution in [0.3, 0.4) is 0 Å². The molecule has 1 aliphatic carbocycles. The van der Waals surface area contributed by atoms with Gasteiger partial charge in [-0.15, -0.1) is 11.6 Å². The molecule has 76 valence electrons. The molecule has 0 spiro atoms. The van der Waals surface area contributed by atoms with Crippen LogP contribution < -0.4 is 0 Å². The number of rotatable bonds is 2. The van der Waals surface area contributed by atoms with Crippen LogP contribution in [-0.2, 0) is 0 Å². The van der Waals surface area contributed by atoms with E-state index in [0.29, 0.717) is 5.92 Å². The van der Waals surface area contributed by atoms with E-state index >= 15 is 0 Å². The van der Waals surface area contributed by atoms with E-state index in [0.717, 1.165) is 16.7 Å². The minimum Gasteiger partial charge on any atom is -0.207 e. The Labute approximate surface area is 89.1 Å². The largest absolute Gasteiger partial charge is 0.207 e. The Morgan fingerprint density at radius 3 is 2.21 bits per heavy atom. The van der Waals surface area contributed by atoms with Gasteiger partial charge in [-0.25, -0.2) is 4.39 Å². The number of hydrogen-bond donors (Lipinski definition) is 0. The molecule has 0 bridgehead atoms. The van der Waals surface area contributed by atoms with Crippen molar-refractivity contribution in [3.8, 4) is 0 Å². The second-order valence-electron chi connectivity index (χ2n) is 4.19. The van der Waals surface area contributed by atoms with Gasteiger partial charge in [0.25, 0.3) is 0 Å². The van der Waals surface area contributed by atoms with Crippen molar-refractivity contribution < 1.29 is 4.39 Å². The smallest absolute Gasteiger partial charge is 0.123 e. The molecule has 1 aliphatic rings. The minimum absolute atomic E-state index is 0.0793. The summed E-state index contributed by atoms with van der Waals surface area (Å²) in [6.45, 7) is 3.87. The topological polar surface area (TPSA) is 0 Å². The van der Waals surface area contributed by atoms with Crippen LogP contribution in [0.4, 0.5) is 4.39 Å². The Morgan fingerprint density at radius 1 is 1.29 bits per heavy atom. The van der Waals surface area contributed by atoms with Crippen LogP contribution in [0.5, 0.6) is 0 Å². The molecule has 0 N–H and O–H groups in total. The van der Waals surface area contributed by atoms with Crippen LogP contribution in [-0.4, -0.2) is 0 Å². The lowest BCUT2D eigenvalue weighted by atomic mass is 9.97. The molecule has 0 nitrogen and oxygen atoms in total. The van der Waals surface area contributed by atoms with Crippen molar-refractivity contribution >= 4 is 11.6 Å². The van der Waals surface area contributed by atoms with Crippen LogP contribution in [0.1, 0.15) is 34.9 Å². The quantitative estimate of drug-likeness (QED) is 0.647. The highest BCUT2D eigenvalue weighted by atomic mass is 35.5. The molecule has 0 radical (unpaired) electrons. The normalized spacial score (nSPS) is 18.3. The number of alkyl halides is 1. The molecule has 2 rings (SSSR count). The van der Waals surface area contributed by atoms with Gasteiger partial charge in [0.15, 0.2) is 0 Å². The molecular formula is C12H14ClF. The third-order valence-electron chi connectivity index (χ3n) is 2.87. The molecule has 14 heavy (non-hydrogen) atoms. The summed E-state index contributed by atoms with van der Waals surface area (Å²) in [6, 6.07) is 3.14. The molecule has 1 aromatic carbocycles. The molecule has 0 aromatic heterocycles. The third-order valence-corrected chi connectivity index (χ3v) is 3.44. The van der Waals surface area contributed by atoms with E-state index in [1.165, 1.54) is 12.8 Å². The number of hydrogen-bond acceptors (Lipinski definition) is 0. The lowest BCUT2D eigenvalue weighted by Crippen LogP contribution is -2.00. The summed E-state index contributed by atoms with van der Waals surface area (Å²) in [7, 11) is 0. The van der Waals surface area contributed by atoms with Crippen LogP contribution in [0.25, 0.3) is 0 Å². The molecule has 0 aliphatic heterocycles. The van der Waals surface area contributed by atoms with E-state index in [1.54, 1.807) is 12.1 Å². The fraction of sp³-hybridized carbons (Fsp3) is 0.500. The molecule has 1 saturated carbocycles. The van der Waals surface area contributed by atoms with Gasteiger partial charge in [-0.3, -0.25) is 0 Å². The predicted octanol–water partition coefficient (Wildman–Crippen LogP) is 4.13. The molecule has 1 fully saturated rings. The maximum atomic E-state index is 13.0. The summed E-state index contributed by atoms with van der Waals surface area (Å²) >= 11 is 6.34. The summed E-state index contributed by atoms with van der Waals surface area (Å²) in [5, 5.41) is 0.0793. The third kappa shape index (κ3) is 1.78. The highest BCUT2D eigenvalue weighted by Gasteiger charge is 2.32. The maximum absolute atomic E-state index is 13.0. The average molecular weight is 213 g/mol. The standard InChI is InChI=1S/C12H14ClF/c1-7-5-10(14)6-8(2)11(7)12(13)9-3-4-9/h5-6,9,12H,3-4H2,1-2H3. The summed E-state index contributed by atoms with van der Waals surface area (Å²) in [5.74, 6) is 0.447. The first kappa shape index (κ1) is 9.97. The van der Waals surface area contributed by atoms with E-state index in [2.05, 4.69) is 0 Å². The van der Waals surface area contributed by atoms with Crippen molar-refractivity contribution in [1.29, 1.82) is 0 Å². The number of aryl methyl sites for hydroxylation is 2. The zero-order chi connectivity index (χ0) is 10.3. The summed E-state index contributed by atoms with van der Waals surface area (Å²) < 4.78 is 13.0. The van der Waals surface area contributed by atoms with E-state index in [9.17, 15) is 4.39 Å². The molecular weight excluding hydrogens is 199 g/mol. The lowest BCUT2D eigenvalue weighted by molar-refractivity contribution is 0.622. The van der Waals surface area contributed by atoms with Crippen LogP contribution in [0.15, 0.2) is 12.1 Å². The highest BCUT2D eigenvalue weighted by Crippen LogP contribution is 2.46. The van der Waals surface area contributed by atoms with Gasteiger partial charge in [-0.05, 0) is 61.4 Å². The minimum atomic E-state index is -0.164. The Balaban J connectivity index is 2.40. The zero-order valence-electron chi connectivity index (χ0n) is 8.48. The Morgan fingerprint density at radius 2 is 1.79 bits per heavy atom. The SMILES string of the molecule is Cc1cc(F)cc(C)c1C(Cl)C1CC1. The van der Waals surface area contributed by atoms with Crippen molar-refractivity contribution in [2.75, 3.05) is 0 Å². The highest BCUT2D eigenvalue weighted by molar-refractivity contribution is 6.21. The van der Waals surface area contributed by atoms with Crippen LogP contribution >= 0.6 is 11.6 Å². The monoisotopic (exact) mass is 212 g/mol. The number of halogens is 2. The van der Waals surface area contributed by atoms with E-state index in [4.69, 9.17) is 11.6 Å². The first-order chi connectivity index (χ1) is 6.59. The second-order valence-corrected chi connectivity index (χ2v) is 4.66. The lowest BCUT2D eigenvalue weighted by Gasteiger charge is -2.15. The van der Waals surface area contributed by atoms with Crippen molar-refractivity contribution in [2.45, 2.75) is 32.1 Å². The van der Waals surface area contributed by atoms with Gasteiger partial charge in [0.1, 0.15) is 5.82 Å². The van der Waals surface area contributed by atoms with E-state index in [-0.39, 0.29) is 11.2 Å². The van der Waals surface area contributed by atoms with Gasteiger partial charge in [0, 0.05) is 0 Å². The number of benzene rings is 1.